The van der Waals surface area contributed by atoms with Gasteiger partial charge in [-0.1, -0.05) is 24.3 Å². The van der Waals surface area contributed by atoms with E-state index in [1.165, 1.54) is 12.8 Å². The quantitative estimate of drug-likeness (QED) is 0.752. The van der Waals surface area contributed by atoms with Crippen LogP contribution in [0.15, 0.2) is 36.4 Å². The standard InChI is InChI=1S/C21H27N3O.C2HF3O2/c1-22(2)19-10-9-18(16-7-4-5-8-17(16)19)20(25)24-13-6-11-21(15-24)12-14-23(21)3;3-2(4,5)1(6)7/h4-5,7-10H,6,11-15H2,1-3H3;(H,6,7). The van der Waals surface area contributed by atoms with Crippen molar-refractivity contribution in [1.82, 2.24) is 9.80 Å². The second kappa shape index (κ2) is 8.97. The number of hydrogen-bond donors (Lipinski definition) is 1. The number of likely N-dealkylation sites (tertiary alicyclic amines) is 2. The molecule has 9 heteroatoms. The molecule has 2 aliphatic heterocycles. The van der Waals surface area contributed by atoms with Gasteiger partial charge in [0, 0.05) is 55.9 Å². The number of benzene rings is 2. The predicted molar refractivity (Wildman–Crippen MR) is 117 cm³/mol. The number of amides is 1. The van der Waals surface area contributed by atoms with Crippen LogP contribution in [-0.4, -0.2) is 79.3 Å². The molecule has 1 atom stereocenters. The first-order valence-corrected chi connectivity index (χ1v) is 10.5. The maximum Gasteiger partial charge on any atom is 0.490 e. The van der Waals surface area contributed by atoms with Gasteiger partial charge in [-0.3, -0.25) is 9.69 Å². The molecular formula is C23H28F3N3O3. The Labute approximate surface area is 185 Å². The number of carboxylic acid groups (broad SMARTS) is 1. The molecule has 1 unspecified atom stereocenters. The normalized spacial score (nSPS) is 21.0. The number of halogens is 3. The summed E-state index contributed by atoms with van der Waals surface area (Å²) in [4.78, 5) is 28.8. The fourth-order valence-corrected chi connectivity index (χ4v) is 4.48. The largest absolute Gasteiger partial charge is 0.490 e. The number of aliphatic carboxylic acids is 1. The smallest absolute Gasteiger partial charge is 0.475 e. The van der Waals surface area contributed by atoms with E-state index in [1.54, 1.807) is 0 Å². The molecule has 0 aliphatic carbocycles. The van der Waals surface area contributed by atoms with Crippen LogP contribution in [-0.2, 0) is 4.79 Å². The van der Waals surface area contributed by atoms with E-state index >= 15 is 0 Å². The molecule has 2 aromatic rings. The van der Waals surface area contributed by atoms with Crippen LogP contribution < -0.4 is 4.90 Å². The summed E-state index contributed by atoms with van der Waals surface area (Å²) in [5.74, 6) is -2.58. The van der Waals surface area contributed by atoms with Crippen molar-refractivity contribution in [3.8, 4) is 0 Å². The Kier molecular flexibility index (Phi) is 6.69. The molecule has 2 fully saturated rings. The van der Waals surface area contributed by atoms with E-state index in [1.807, 2.05) is 32.3 Å². The SMILES string of the molecule is CN(C)c1ccc(C(=O)N2CCCC3(CCN3C)C2)c2ccccc12.O=C(O)C(F)(F)F. The van der Waals surface area contributed by atoms with Crippen molar-refractivity contribution >= 4 is 28.3 Å². The zero-order chi connectivity index (χ0) is 23.7. The van der Waals surface area contributed by atoms with Crippen LogP contribution in [0.3, 0.4) is 0 Å². The average molecular weight is 451 g/mol. The molecule has 2 aliphatic rings. The number of anilines is 1. The van der Waals surface area contributed by atoms with E-state index in [-0.39, 0.29) is 11.4 Å². The average Bonchev–Trinajstić information content (AvgIpc) is 2.76. The molecule has 2 saturated heterocycles. The van der Waals surface area contributed by atoms with Gasteiger partial charge in [0.2, 0.25) is 0 Å². The Hall–Kier alpha value is -2.81. The molecule has 1 amide bonds. The summed E-state index contributed by atoms with van der Waals surface area (Å²) in [5.41, 5.74) is 2.22. The van der Waals surface area contributed by atoms with Gasteiger partial charge in [0.1, 0.15) is 0 Å². The molecule has 0 radical (unpaired) electrons. The van der Waals surface area contributed by atoms with Crippen molar-refractivity contribution in [3.63, 3.8) is 0 Å². The van der Waals surface area contributed by atoms with Gasteiger partial charge < -0.3 is 14.9 Å². The van der Waals surface area contributed by atoms with Gasteiger partial charge in [0.15, 0.2) is 0 Å². The number of carbonyl (C=O) groups is 2. The third-order valence-corrected chi connectivity index (χ3v) is 6.42. The summed E-state index contributed by atoms with van der Waals surface area (Å²) in [6.07, 6.45) is -1.55. The Morgan fingerprint density at radius 3 is 2.16 bits per heavy atom. The molecule has 0 bridgehead atoms. The molecule has 1 spiro atoms. The lowest BCUT2D eigenvalue weighted by molar-refractivity contribution is -0.192. The van der Waals surface area contributed by atoms with Crippen LogP contribution in [0, 0.1) is 0 Å². The summed E-state index contributed by atoms with van der Waals surface area (Å²) in [6.45, 7) is 2.90. The Bertz CT molecular complexity index is 1010. The lowest BCUT2D eigenvalue weighted by atomic mass is 9.78. The van der Waals surface area contributed by atoms with Crippen LogP contribution in [0.2, 0.25) is 0 Å². The minimum atomic E-state index is -5.08. The second-order valence-electron chi connectivity index (χ2n) is 8.60. The van der Waals surface area contributed by atoms with Gasteiger partial charge in [-0.05, 0) is 43.8 Å². The number of alkyl halides is 3. The van der Waals surface area contributed by atoms with Gasteiger partial charge in [0.05, 0.1) is 0 Å². The number of likely N-dealkylation sites (N-methyl/N-ethyl adjacent to an activating group) is 1. The lowest BCUT2D eigenvalue weighted by Gasteiger charge is -2.55. The van der Waals surface area contributed by atoms with E-state index in [0.717, 1.165) is 48.1 Å². The molecule has 4 rings (SSSR count). The number of carboxylic acids is 1. The lowest BCUT2D eigenvalue weighted by Crippen LogP contribution is -2.66. The third-order valence-electron chi connectivity index (χ3n) is 6.42. The molecule has 0 aromatic heterocycles. The van der Waals surface area contributed by atoms with Crippen molar-refractivity contribution in [2.24, 2.45) is 0 Å². The summed E-state index contributed by atoms with van der Waals surface area (Å²) in [7, 11) is 6.28. The third kappa shape index (κ3) is 4.67. The molecule has 6 nitrogen and oxygen atoms in total. The molecule has 1 N–H and O–H groups in total. The van der Waals surface area contributed by atoms with E-state index in [2.05, 4.69) is 39.9 Å². The summed E-state index contributed by atoms with van der Waals surface area (Å²) >= 11 is 0. The highest BCUT2D eigenvalue weighted by molar-refractivity contribution is 6.10. The minimum absolute atomic E-state index is 0.181. The van der Waals surface area contributed by atoms with Crippen LogP contribution in [0.1, 0.15) is 29.6 Å². The highest BCUT2D eigenvalue weighted by Gasteiger charge is 2.46. The summed E-state index contributed by atoms with van der Waals surface area (Å²) in [5, 5.41) is 9.33. The first-order chi connectivity index (χ1) is 15.0. The molecule has 0 saturated carbocycles. The Morgan fingerprint density at radius 2 is 1.66 bits per heavy atom. The minimum Gasteiger partial charge on any atom is -0.475 e. The van der Waals surface area contributed by atoms with Crippen molar-refractivity contribution in [2.45, 2.75) is 31.0 Å². The first kappa shape index (κ1) is 23.8. The zero-order valence-corrected chi connectivity index (χ0v) is 18.4. The highest BCUT2D eigenvalue weighted by atomic mass is 19.4. The van der Waals surface area contributed by atoms with Gasteiger partial charge in [-0.2, -0.15) is 13.2 Å². The Balaban J connectivity index is 0.000000360. The number of nitrogens with zero attached hydrogens (tertiary/aromatic N) is 3. The van der Waals surface area contributed by atoms with E-state index in [0.29, 0.717) is 0 Å². The fraction of sp³-hybridized carbons (Fsp3) is 0.478. The zero-order valence-electron chi connectivity index (χ0n) is 18.4. The van der Waals surface area contributed by atoms with Crippen molar-refractivity contribution in [3.05, 3.63) is 42.0 Å². The summed E-state index contributed by atoms with van der Waals surface area (Å²) < 4.78 is 31.7. The van der Waals surface area contributed by atoms with Gasteiger partial charge >= 0.3 is 12.1 Å². The number of hydrogen-bond acceptors (Lipinski definition) is 4. The fourth-order valence-electron chi connectivity index (χ4n) is 4.48. The van der Waals surface area contributed by atoms with E-state index in [4.69, 9.17) is 9.90 Å². The van der Waals surface area contributed by atoms with Gasteiger partial charge in [0.25, 0.3) is 5.91 Å². The van der Waals surface area contributed by atoms with Gasteiger partial charge in [-0.15, -0.1) is 0 Å². The topological polar surface area (TPSA) is 64.1 Å². The van der Waals surface area contributed by atoms with Crippen LogP contribution in [0.25, 0.3) is 10.8 Å². The monoisotopic (exact) mass is 451 g/mol. The Morgan fingerprint density at radius 1 is 1.03 bits per heavy atom. The number of carbonyl (C=O) groups excluding carboxylic acids is 1. The number of piperidine rings is 1. The van der Waals surface area contributed by atoms with Crippen LogP contribution in [0.4, 0.5) is 18.9 Å². The molecule has 174 valence electrons. The molecule has 32 heavy (non-hydrogen) atoms. The highest BCUT2D eigenvalue weighted by Crippen LogP contribution is 2.38. The van der Waals surface area contributed by atoms with Crippen LogP contribution in [0.5, 0.6) is 0 Å². The van der Waals surface area contributed by atoms with E-state index in [9.17, 15) is 18.0 Å². The molecule has 2 heterocycles. The first-order valence-electron chi connectivity index (χ1n) is 10.5. The maximum atomic E-state index is 13.3. The molecule has 2 aromatic carbocycles. The van der Waals surface area contributed by atoms with Crippen molar-refractivity contribution in [1.29, 1.82) is 0 Å². The second-order valence-corrected chi connectivity index (χ2v) is 8.60. The number of rotatable bonds is 2. The van der Waals surface area contributed by atoms with E-state index < -0.39 is 12.1 Å². The summed E-state index contributed by atoms with van der Waals surface area (Å²) in [6, 6.07) is 12.3. The van der Waals surface area contributed by atoms with Gasteiger partial charge in [-0.25, -0.2) is 4.79 Å². The molecular weight excluding hydrogens is 423 g/mol. The predicted octanol–water partition coefficient (Wildman–Crippen LogP) is 3.85. The number of fused-ring (bicyclic) bond motifs is 1. The van der Waals surface area contributed by atoms with Crippen molar-refractivity contribution in [2.75, 3.05) is 45.7 Å². The van der Waals surface area contributed by atoms with Crippen LogP contribution >= 0.6 is 0 Å². The maximum absolute atomic E-state index is 13.3. The van der Waals surface area contributed by atoms with Crippen molar-refractivity contribution < 1.29 is 27.9 Å².